The zero-order valence-electron chi connectivity index (χ0n) is 11.8. The summed E-state index contributed by atoms with van der Waals surface area (Å²) in [6, 6.07) is 6.99. The average molecular weight is 296 g/mol. The molecular formula is C14H20N2O3S. The SMILES string of the molecule is CCC(=O)N1CCC(Nc2ccccc2S(C)(=O)=O)C1. The van der Waals surface area contributed by atoms with Gasteiger partial charge in [0, 0.05) is 31.8 Å². The molecule has 1 heterocycles. The van der Waals surface area contributed by atoms with Crippen LogP contribution < -0.4 is 5.32 Å². The van der Waals surface area contributed by atoms with Gasteiger partial charge in [-0.25, -0.2) is 8.42 Å². The van der Waals surface area contributed by atoms with Gasteiger partial charge in [0.1, 0.15) is 0 Å². The topological polar surface area (TPSA) is 66.5 Å². The van der Waals surface area contributed by atoms with Gasteiger partial charge in [0.15, 0.2) is 9.84 Å². The van der Waals surface area contributed by atoms with Crippen LogP contribution >= 0.6 is 0 Å². The van der Waals surface area contributed by atoms with Crippen LogP contribution in [-0.4, -0.2) is 44.6 Å². The highest BCUT2D eigenvalue weighted by Gasteiger charge is 2.26. The normalized spacial score (nSPS) is 19.1. The van der Waals surface area contributed by atoms with Crippen LogP contribution in [0.3, 0.4) is 0 Å². The lowest BCUT2D eigenvalue weighted by Crippen LogP contribution is -2.31. The molecule has 0 aromatic heterocycles. The minimum absolute atomic E-state index is 0.105. The highest BCUT2D eigenvalue weighted by molar-refractivity contribution is 7.90. The second-order valence-electron chi connectivity index (χ2n) is 5.09. The first-order valence-electron chi connectivity index (χ1n) is 6.75. The minimum Gasteiger partial charge on any atom is -0.379 e. The molecule has 1 saturated heterocycles. The lowest BCUT2D eigenvalue weighted by atomic mass is 10.2. The summed E-state index contributed by atoms with van der Waals surface area (Å²) >= 11 is 0. The van der Waals surface area contributed by atoms with E-state index in [2.05, 4.69) is 5.32 Å². The predicted molar refractivity (Wildman–Crippen MR) is 78.5 cm³/mol. The lowest BCUT2D eigenvalue weighted by molar-refractivity contribution is -0.129. The van der Waals surface area contributed by atoms with E-state index in [1.54, 1.807) is 24.3 Å². The van der Waals surface area contributed by atoms with E-state index < -0.39 is 9.84 Å². The first kappa shape index (κ1) is 14.8. The van der Waals surface area contributed by atoms with E-state index in [4.69, 9.17) is 0 Å². The monoisotopic (exact) mass is 296 g/mol. The summed E-state index contributed by atoms with van der Waals surface area (Å²) in [5.41, 5.74) is 0.616. The van der Waals surface area contributed by atoms with Crippen molar-refractivity contribution >= 4 is 21.4 Å². The van der Waals surface area contributed by atoms with E-state index in [-0.39, 0.29) is 11.9 Å². The molecule has 1 atom stereocenters. The second kappa shape index (κ2) is 5.83. The molecule has 0 saturated carbocycles. The first-order chi connectivity index (χ1) is 9.41. The molecule has 1 aromatic rings. The fourth-order valence-corrected chi connectivity index (χ4v) is 3.31. The van der Waals surface area contributed by atoms with Gasteiger partial charge in [0.05, 0.1) is 10.6 Å². The van der Waals surface area contributed by atoms with Crippen LogP contribution in [0.2, 0.25) is 0 Å². The number of nitrogens with zero attached hydrogens (tertiary/aromatic N) is 1. The Morgan fingerprint density at radius 2 is 2.10 bits per heavy atom. The maximum absolute atomic E-state index is 11.7. The van der Waals surface area contributed by atoms with Crippen molar-refractivity contribution in [3.8, 4) is 0 Å². The van der Waals surface area contributed by atoms with Crippen LogP contribution in [0, 0.1) is 0 Å². The van der Waals surface area contributed by atoms with Gasteiger partial charge in [-0.15, -0.1) is 0 Å². The van der Waals surface area contributed by atoms with E-state index in [1.807, 2.05) is 11.8 Å². The molecule has 1 aliphatic heterocycles. The number of likely N-dealkylation sites (tertiary alicyclic amines) is 1. The summed E-state index contributed by atoms with van der Waals surface area (Å²) in [5, 5.41) is 3.25. The summed E-state index contributed by atoms with van der Waals surface area (Å²) in [5.74, 6) is 0.144. The fourth-order valence-electron chi connectivity index (χ4n) is 2.46. The Kier molecular flexibility index (Phi) is 4.32. The summed E-state index contributed by atoms with van der Waals surface area (Å²) in [6.07, 6.45) is 2.55. The van der Waals surface area contributed by atoms with Crippen LogP contribution in [0.25, 0.3) is 0 Å². The Morgan fingerprint density at radius 3 is 2.75 bits per heavy atom. The number of carbonyl (C=O) groups is 1. The Hall–Kier alpha value is -1.56. The van der Waals surface area contributed by atoms with Gasteiger partial charge >= 0.3 is 0 Å². The maximum Gasteiger partial charge on any atom is 0.222 e. The third-order valence-electron chi connectivity index (χ3n) is 3.49. The lowest BCUT2D eigenvalue weighted by Gasteiger charge is -2.18. The maximum atomic E-state index is 11.7. The molecule has 1 amide bonds. The summed E-state index contributed by atoms with van der Waals surface area (Å²) in [6.45, 7) is 3.21. The predicted octanol–water partition coefficient (Wildman–Crippen LogP) is 1.51. The molecule has 20 heavy (non-hydrogen) atoms. The zero-order valence-corrected chi connectivity index (χ0v) is 12.6. The Bertz CT molecular complexity index is 598. The highest BCUT2D eigenvalue weighted by Crippen LogP contribution is 2.23. The number of anilines is 1. The molecule has 6 heteroatoms. The summed E-state index contributed by atoms with van der Waals surface area (Å²) in [4.78, 5) is 13.8. The summed E-state index contributed by atoms with van der Waals surface area (Å²) < 4.78 is 23.5. The van der Waals surface area contributed by atoms with Crippen LogP contribution in [-0.2, 0) is 14.6 Å². The molecule has 2 rings (SSSR count). The molecule has 0 aliphatic carbocycles. The number of nitrogens with one attached hydrogen (secondary N) is 1. The number of benzene rings is 1. The Labute approximate surface area is 119 Å². The molecule has 0 bridgehead atoms. The van der Waals surface area contributed by atoms with E-state index in [9.17, 15) is 13.2 Å². The number of hydrogen-bond acceptors (Lipinski definition) is 4. The van der Waals surface area contributed by atoms with Crippen LogP contribution in [0.5, 0.6) is 0 Å². The van der Waals surface area contributed by atoms with Gasteiger partial charge in [0.2, 0.25) is 5.91 Å². The van der Waals surface area contributed by atoms with Crippen LogP contribution in [0.4, 0.5) is 5.69 Å². The second-order valence-corrected chi connectivity index (χ2v) is 7.08. The number of hydrogen-bond donors (Lipinski definition) is 1. The van der Waals surface area contributed by atoms with Crippen LogP contribution in [0.1, 0.15) is 19.8 Å². The van der Waals surface area contributed by atoms with Crippen molar-refractivity contribution in [3.05, 3.63) is 24.3 Å². The van der Waals surface area contributed by atoms with Gasteiger partial charge in [0.25, 0.3) is 0 Å². The van der Waals surface area contributed by atoms with Crippen molar-refractivity contribution in [3.63, 3.8) is 0 Å². The van der Waals surface area contributed by atoms with Crippen molar-refractivity contribution in [1.29, 1.82) is 0 Å². The minimum atomic E-state index is -3.25. The first-order valence-corrected chi connectivity index (χ1v) is 8.64. The number of rotatable bonds is 4. The molecule has 1 aromatic carbocycles. The van der Waals surface area contributed by atoms with E-state index in [1.165, 1.54) is 6.26 Å². The number of sulfone groups is 1. The van der Waals surface area contributed by atoms with Crippen molar-refractivity contribution in [2.45, 2.75) is 30.7 Å². The van der Waals surface area contributed by atoms with Crippen molar-refractivity contribution < 1.29 is 13.2 Å². The van der Waals surface area contributed by atoms with Gasteiger partial charge < -0.3 is 10.2 Å². The quantitative estimate of drug-likeness (QED) is 0.914. The van der Waals surface area contributed by atoms with Crippen molar-refractivity contribution in [2.24, 2.45) is 0 Å². The van der Waals surface area contributed by atoms with Crippen molar-refractivity contribution in [2.75, 3.05) is 24.7 Å². The molecule has 1 fully saturated rings. The Morgan fingerprint density at radius 1 is 1.40 bits per heavy atom. The molecule has 0 radical (unpaired) electrons. The smallest absolute Gasteiger partial charge is 0.222 e. The third kappa shape index (κ3) is 3.30. The molecule has 1 N–H and O–H groups in total. The molecular weight excluding hydrogens is 276 g/mol. The van der Waals surface area contributed by atoms with E-state index in [0.29, 0.717) is 23.5 Å². The molecule has 1 aliphatic rings. The molecule has 0 spiro atoms. The average Bonchev–Trinajstić information content (AvgIpc) is 2.86. The number of amides is 1. The van der Waals surface area contributed by atoms with Gasteiger partial charge in [-0.2, -0.15) is 0 Å². The molecule has 1 unspecified atom stereocenters. The highest BCUT2D eigenvalue weighted by atomic mass is 32.2. The number of carbonyl (C=O) groups excluding carboxylic acids is 1. The zero-order chi connectivity index (χ0) is 14.8. The standard InChI is InChI=1S/C14H20N2O3S/c1-3-14(17)16-9-8-11(10-16)15-12-6-4-5-7-13(12)20(2,18)19/h4-7,11,15H,3,8-10H2,1-2H3. The summed E-state index contributed by atoms with van der Waals surface area (Å²) in [7, 11) is -3.25. The molecule has 110 valence electrons. The van der Waals surface area contributed by atoms with E-state index in [0.717, 1.165) is 13.0 Å². The number of para-hydroxylation sites is 1. The fraction of sp³-hybridized carbons (Fsp3) is 0.500. The van der Waals surface area contributed by atoms with Gasteiger partial charge in [-0.1, -0.05) is 19.1 Å². The largest absolute Gasteiger partial charge is 0.379 e. The van der Waals surface area contributed by atoms with Gasteiger partial charge in [-0.05, 0) is 18.6 Å². The third-order valence-corrected chi connectivity index (χ3v) is 4.64. The van der Waals surface area contributed by atoms with Crippen molar-refractivity contribution in [1.82, 2.24) is 4.90 Å². The van der Waals surface area contributed by atoms with Gasteiger partial charge in [-0.3, -0.25) is 4.79 Å². The van der Waals surface area contributed by atoms with E-state index >= 15 is 0 Å². The Balaban J connectivity index is 2.11. The van der Waals surface area contributed by atoms with Crippen LogP contribution in [0.15, 0.2) is 29.2 Å². The molecule has 5 nitrogen and oxygen atoms in total.